The maximum absolute atomic E-state index is 5.41. The first-order valence-electron chi connectivity index (χ1n) is 9.12. The van der Waals surface area contributed by atoms with Gasteiger partial charge in [-0.2, -0.15) is 4.98 Å². The summed E-state index contributed by atoms with van der Waals surface area (Å²) in [6, 6.07) is 15.8. The van der Waals surface area contributed by atoms with E-state index in [1.54, 1.807) is 13.3 Å². The summed E-state index contributed by atoms with van der Waals surface area (Å²) in [5.74, 6) is 3.79. The van der Waals surface area contributed by atoms with Gasteiger partial charge in [-0.05, 0) is 47.9 Å². The van der Waals surface area contributed by atoms with Crippen molar-refractivity contribution in [2.75, 3.05) is 31.1 Å². The smallest absolute Gasteiger partial charge is 0.231 e. The van der Waals surface area contributed by atoms with E-state index >= 15 is 0 Å². The monoisotopic (exact) mass is 378 g/mol. The molecule has 2 aromatic carbocycles. The third-order valence-corrected chi connectivity index (χ3v) is 4.40. The standard InChI is InChI=1S/C21H22N4O3/c1-26-17-4-2-3-15(11-17)7-9-22-21-23-10-8-20(25-21)24-13-16-5-6-18-19(12-16)28-14-27-18/h2-6,8,10-12H,7,9,13-14H2,1H3,(H2,22,23,24,25). The zero-order valence-corrected chi connectivity index (χ0v) is 15.6. The number of aromatic nitrogens is 2. The summed E-state index contributed by atoms with van der Waals surface area (Å²) in [5, 5.41) is 6.58. The van der Waals surface area contributed by atoms with Crippen LogP contribution < -0.4 is 24.8 Å². The second-order valence-electron chi connectivity index (χ2n) is 6.33. The van der Waals surface area contributed by atoms with Crippen molar-refractivity contribution in [1.82, 2.24) is 9.97 Å². The minimum Gasteiger partial charge on any atom is -0.497 e. The van der Waals surface area contributed by atoms with Gasteiger partial charge in [0.2, 0.25) is 12.7 Å². The lowest BCUT2D eigenvalue weighted by Crippen LogP contribution is -2.09. The molecule has 0 saturated heterocycles. The lowest BCUT2D eigenvalue weighted by molar-refractivity contribution is 0.174. The molecule has 0 fully saturated rings. The number of benzene rings is 2. The molecule has 7 heteroatoms. The molecule has 0 atom stereocenters. The Bertz CT molecular complexity index is 948. The van der Waals surface area contributed by atoms with Gasteiger partial charge in [0.25, 0.3) is 0 Å². The highest BCUT2D eigenvalue weighted by Gasteiger charge is 2.13. The molecule has 1 aromatic heterocycles. The maximum Gasteiger partial charge on any atom is 0.231 e. The summed E-state index contributed by atoms with van der Waals surface area (Å²) in [7, 11) is 1.67. The third-order valence-electron chi connectivity index (χ3n) is 4.40. The van der Waals surface area contributed by atoms with Crippen molar-refractivity contribution in [3.63, 3.8) is 0 Å². The van der Waals surface area contributed by atoms with Crippen LogP contribution in [0.3, 0.4) is 0 Å². The molecule has 0 unspecified atom stereocenters. The fourth-order valence-corrected chi connectivity index (χ4v) is 2.93. The van der Waals surface area contributed by atoms with Crippen molar-refractivity contribution in [2.45, 2.75) is 13.0 Å². The maximum atomic E-state index is 5.41. The van der Waals surface area contributed by atoms with Gasteiger partial charge in [0.15, 0.2) is 11.5 Å². The molecule has 2 N–H and O–H groups in total. The molecule has 2 heterocycles. The minimum absolute atomic E-state index is 0.281. The number of anilines is 2. The number of hydrogen-bond donors (Lipinski definition) is 2. The number of hydrogen-bond acceptors (Lipinski definition) is 7. The number of fused-ring (bicyclic) bond motifs is 1. The van der Waals surface area contributed by atoms with Crippen LogP contribution in [0.25, 0.3) is 0 Å². The Morgan fingerprint density at radius 2 is 1.93 bits per heavy atom. The van der Waals surface area contributed by atoms with E-state index in [9.17, 15) is 0 Å². The molecule has 0 aliphatic carbocycles. The molecule has 28 heavy (non-hydrogen) atoms. The predicted molar refractivity (Wildman–Crippen MR) is 107 cm³/mol. The molecular weight excluding hydrogens is 356 g/mol. The third kappa shape index (κ3) is 4.43. The van der Waals surface area contributed by atoms with E-state index in [4.69, 9.17) is 14.2 Å². The summed E-state index contributed by atoms with van der Waals surface area (Å²) < 4.78 is 16.0. The topological polar surface area (TPSA) is 77.5 Å². The van der Waals surface area contributed by atoms with Crippen molar-refractivity contribution in [2.24, 2.45) is 0 Å². The first kappa shape index (κ1) is 17.9. The number of rotatable bonds is 8. The van der Waals surface area contributed by atoms with Gasteiger partial charge in [-0.15, -0.1) is 0 Å². The molecule has 0 saturated carbocycles. The molecule has 0 spiro atoms. The lowest BCUT2D eigenvalue weighted by Gasteiger charge is -2.09. The molecule has 0 bridgehead atoms. The molecule has 0 amide bonds. The summed E-state index contributed by atoms with van der Waals surface area (Å²) >= 11 is 0. The predicted octanol–water partition coefficient (Wildman–Crippen LogP) is 3.48. The highest BCUT2D eigenvalue weighted by atomic mass is 16.7. The fraction of sp³-hybridized carbons (Fsp3) is 0.238. The Labute approximate surface area is 163 Å². The first-order chi connectivity index (χ1) is 13.8. The Morgan fingerprint density at radius 1 is 1.00 bits per heavy atom. The van der Waals surface area contributed by atoms with Crippen LogP contribution in [0.15, 0.2) is 54.7 Å². The van der Waals surface area contributed by atoms with Gasteiger partial charge in [-0.3, -0.25) is 0 Å². The normalized spacial score (nSPS) is 11.9. The van der Waals surface area contributed by atoms with Crippen LogP contribution in [0.1, 0.15) is 11.1 Å². The Morgan fingerprint density at radius 3 is 2.86 bits per heavy atom. The zero-order valence-electron chi connectivity index (χ0n) is 15.6. The van der Waals surface area contributed by atoms with E-state index in [1.165, 1.54) is 5.56 Å². The van der Waals surface area contributed by atoms with Gasteiger partial charge >= 0.3 is 0 Å². The SMILES string of the molecule is COc1cccc(CCNc2nccc(NCc3ccc4c(c3)OCO4)n2)c1. The number of ether oxygens (including phenoxy) is 3. The fourth-order valence-electron chi connectivity index (χ4n) is 2.93. The number of nitrogens with zero attached hydrogens (tertiary/aromatic N) is 2. The second kappa shape index (κ2) is 8.47. The van der Waals surface area contributed by atoms with E-state index in [0.29, 0.717) is 12.5 Å². The van der Waals surface area contributed by atoms with Crippen LogP contribution in [0.2, 0.25) is 0 Å². The van der Waals surface area contributed by atoms with Crippen molar-refractivity contribution >= 4 is 11.8 Å². The summed E-state index contributed by atoms with van der Waals surface area (Å²) in [6.45, 7) is 1.65. The van der Waals surface area contributed by atoms with Crippen LogP contribution in [-0.2, 0) is 13.0 Å². The average molecular weight is 378 g/mol. The van der Waals surface area contributed by atoms with Crippen molar-refractivity contribution in [1.29, 1.82) is 0 Å². The average Bonchev–Trinajstić information content (AvgIpc) is 3.21. The molecule has 3 aromatic rings. The zero-order chi connectivity index (χ0) is 19.2. The van der Waals surface area contributed by atoms with Crippen LogP contribution in [-0.4, -0.2) is 30.4 Å². The molecule has 1 aliphatic rings. The van der Waals surface area contributed by atoms with E-state index in [2.05, 4.69) is 26.7 Å². The van der Waals surface area contributed by atoms with Gasteiger partial charge in [-0.25, -0.2) is 4.98 Å². The van der Waals surface area contributed by atoms with Crippen molar-refractivity contribution in [3.8, 4) is 17.2 Å². The van der Waals surface area contributed by atoms with E-state index < -0.39 is 0 Å². The number of methoxy groups -OCH3 is 1. The van der Waals surface area contributed by atoms with Crippen LogP contribution in [0, 0.1) is 0 Å². The van der Waals surface area contributed by atoms with Gasteiger partial charge in [0.05, 0.1) is 7.11 Å². The summed E-state index contributed by atoms with van der Waals surface area (Å²) in [6.07, 6.45) is 2.60. The molecule has 7 nitrogen and oxygen atoms in total. The quantitative estimate of drug-likeness (QED) is 0.621. The van der Waals surface area contributed by atoms with Crippen molar-refractivity contribution in [3.05, 3.63) is 65.9 Å². The molecule has 1 aliphatic heterocycles. The van der Waals surface area contributed by atoms with Crippen LogP contribution in [0.5, 0.6) is 17.2 Å². The van der Waals surface area contributed by atoms with Gasteiger partial charge in [-0.1, -0.05) is 18.2 Å². The molecular formula is C21H22N4O3. The summed E-state index contributed by atoms with van der Waals surface area (Å²) in [4.78, 5) is 8.79. The molecule has 4 rings (SSSR count). The van der Waals surface area contributed by atoms with Crippen LogP contribution in [0.4, 0.5) is 11.8 Å². The van der Waals surface area contributed by atoms with Gasteiger partial charge < -0.3 is 24.8 Å². The van der Waals surface area contributed by atoms with E-state index in [0.717, 1.165) is 41.6 Å². The second-order valence-corrected chi connectivity index (χ2v) is 6.33. The largest absolute Gasteiger partial charge is 0.497 e. The van der Waals surface area contributed by atoms with E-state index in [-0.39, 0.29) is 6.79 Å². The number of nitrogens with one attached hydrogen (secondary N) is 2. The highest BCUT2D eigenvalue weighted by molar-refractivity contribution is 5.46. The lowest BCUT2D eigenvalue weighted by atomic mass is 10.1. The Hall–Kier alpha value is -3.48. The summed E-state index contributed by atoms with van der Waals surface area (Å²) in [5.41, 5.74) is 2.29. The molecule has 144 valence electrons. The van der Waals surface area contributed by atoms with Gasteiger partial charge in [0.1, 0.15) is 11.6 Å². The highest BCUT2D eigenvalue weighted by Crippen LogP contribution is 2.32. The van der Waals surface area contributed by atoms with Crippen LogP contribution >= 0.6 is 0 Å². The Kier molecular flexibility index (Phi) is 5.42. The minimum atomic E-state index is 0.281. The Balaban J connectivity index is 1.30. The van der Waals surface area contributed by atoms with Crippen molar-refractivity contribution < 1.29 is 14.2 Å². The first-order valence-corrected chi connectivity index (χ1v) is 9.12. The van der Waals surface area contributed by atoms with Gasteiger partial charge in [0, 0.05) is 19.3 Å². The van der Waals surface area contributed by atoms with E-state index in [1.807, 2.05) is 42.5 Å². The molecule has 0 radical (unpaired) electrons.